The van der Waals surface area contributed by atoms with E-state index < -0.39 is 0 Å². The summed E-state index contributed by atoms with van der Waals surface area (Å²) in [6, 6.07) is 0. The fourth-order valence-electron chi connectivity index (χ4n) is 1.54. The molecule has 1 saturated heterocycles. The highest BCUT2D eigenvalue weighted by molar-refractivity contribution is 4.70. The molecule has 0 aromatic rings. The van der Waals surface area contributed by atoms with Gasteiger partial charge >= 0.3 is 0 Å². The van der Waals surface area contributed by atoms with Crippen LogP contribution in [0.3, 0.4) is 0 Å². The first-order chi connectivity index (χ1) is 6.86. The minimum Gasteiger partial charge on any atom is -0.376 e. The van der Waals surface area contributed by atoms with Crippen LogP contribution in [0.1, 0.15) is 33.1 Å². The highest BCUT2D eigenvalue weighted by atomic mass is 16.6. The molecule has 0 radical (unpaired) electrons. The lowest BCUT2D eigenvalue weighted by Crippen LogP contribution is -2.42. The Labute approximate surface area is 87.2 Å². The summed E-state index contributed by atoms with van der Waals surface area (Å²) in [4.78, 5) is 0. The van der Waals surface area contributed by atoms with Gasteiger partial charge < -0.3 is 14.8 Å². The average Bonchev–Trinajstić information content (AvgIpc) is 2.11. The molecule has 0 aromatic carbocycles. The molecule has 3 nitrogen and oxygen atoms in total. The van der Waals surface area contributed by atoms with Crippen molar-refractivity contribution in [2.75, 3.05) is 26.3 Å². The molecule has 0 amide bonds. The molecule has 3 heteroatoms. The number of hydrogen-bond acceptors (Lipinski definition) is 3. The van der Waals surface area contributed by atoms with E-state index in [0.717, 1.165) is 32.7 Å². The molecule has 1 fully saturated rings. The SMILES string of the molecule is CCCNCC(CCC)OC1COC1. The minimum absolute atomic E-state index is 0.356. The lowest BCUT2D eigenvalue weighted by molar-refractivity contribution is -0.154. The van der Waals surface area contributed by atoms with Crippen molar-refractivity contribution in [1.82, 2.24) is 5.32 Å². The molecule has 1 atom stereocenters. The molecular weight excluding hydrogens is 178 g/mol. The van der Waals surface area contributed by atoms with Crippen LogP contribution in [0, 0.1) is 0 Å². The van der Waals surface area contributed by atoms with Crippen molar-refractivity contribution in [3.05, 3.63) is 0 Å². The van der Waals surface area contributed by atoms with Gasteiger partial charge in [-0.05, 0) is 19.4 Å². The number of hydrogen-bond donors (Lipinski definition) is 1. The Morgan fingerprint density at radius 3 is 2.64 bits per heavy atom. The standard InChI is InChI=1S/C11H23NO2/c1-3-5-10(7-12-6-4-2)14-11-8-13-9-11/h10-12H,3-9H2,1-2H3. The number of ether oxygens (including phenoxy) is 2. The summed E-state index contributed by atoms with van der Waals surface area (Å²) in [5, 5.41) is 3.41. The summed E-state index contributed by atoms with van der Waals surface area (Å²) < 4.78 is 11.0. The van der Waals surface area contributed by atoms with Crippen LogP contribution in [0.15, 0.2) is 0 Å². The third-order valence-electron chi connectivity index (χ3n) is 2.40. The molecule has 0 aromatic heterocycles. The first-order valence-corrected chi connectivity index (χ1v) is 5.80. The van der Waals surface area contributed by atoms with Crippen molar-refractivity contribution in [2.45, 2.75) is 45.3 Å². The highest BCUT2D eigenvalue weighted by Gasteiger charge is 2.22. The molecule has 84 valence electrons. The molecule has 1 unspecified atom stereocenters. The zero-order chi connectivity index (χ0) is 10.2. The lowest BCUT2D eigenvalue weighted by atomic mass is 10.2. The van der Waals surface area contributed by atoms with Crippen molar-refractivity contribution in [3.63, 3.8) is 0 Å². The molecule has 1 aliphatic heterocycles. The normalized spacial score (nSPS) is 19.3. The maximum atomic E-state index is 5.89. The van der Waals surface area contributed by atoms with Crippen LogP contribution in [0.25, 0.3) is 0 Å². The zero-order valence-corrected chi connectivity index (χ0v) is 9.42. The quantitative estimate of drug-likeness (QED) is 0.605. The molecule has 14 heavy (non-hydrogen) atoms. The largest absolute Gasteiger partial charge is 0.376 e. The lowest BCUT2D eigenvalue weighted by Gasteiger charge is -2.30. The van der Waals surface area contributed by atoms with E-state index in [1.165, 1.54) is 12.8 Å². The topological polar surface area (TPSA) is 30.5 Å². The van der Waals surface area contributed by atoms with Crippen molar-refractivity contribution in [3.8, 4) is 0 Å². The highest BCUT2D eigenvalue weighted by Crippen LogP contribution is 2.11. The molecule has 1 rings (SSSR count). The number of nitrogens with one attached hydrogen (secondary N) is 1. The fraction of sp³-hybridized carbons (Fsp3) is 1.00. The summed E-state index contributed by atoms with van der Waals surface area (Å²) in [6.45, 7) is 8.03. The van der Waals surface area contributed by atoms with Gasteiger partial charge in [-0.3, -0.25) is 0 Å². The van der Waals surface area contributed by atoms with Crippen LogP contribution in [-0.4, -0.2) is 38.5 Å². The van der Waals surface area contributed by atoms with E-state index in [0.29, 0.717) is 12.2 Å². The first kappa shape index (κ1) is 12.0. The van der Waals surface area contributed by atoms with Crippen molar-refractivity contribution < 1.29 is 9.47 Å². The monoisotopic (exact) mass is 201 g/mol. The smallest absolute Gasteiger partial charge is 0.105 e. The van der Waals surface area contributed by atoms with Crippen LogP contribution < -0.4 is 5.32 Å². The zero-order valence-electron chi connectivity index (χ0n) is 9.42. The van der Waals surface area contributed by atoms with Gasteiger partial charge in [-0.2, -0.15) is 0 Å². The molecule has 0 spiro atoms. The van der Waals surface area contributed by atoms with Gasteiger partial charge in [-0.15, -0.1) is 0 Å². The van der Waals surface area contributed by atoms with E-state index >= 15 is 0 Å². The third kappa shape index (κ3) is 4.40. The van der Waals surface area contributed by atoms with Crippen LogP contribution in [0.4, 0.5) is 0 Å². The summed E-state index contributed by atoms with van der Waals surface area (Å²) in [5.74, 6) is 0. The Morgan fingerprint density at radius 2 is 2.14 bits per heavy atom. The second-order valence-corrected chi connectivity index (χ2v) is 3.91. The summed E-state index contributed by atoms with van der Waals surface area (Å²) in [5.41, 5.74) is 0. The average molecular weight is 201 g/mol. The summed E-state index contributed by atoms with van der Waals surface area (Å²) >= 11 is 0. The Kier molecular flexibility index (Phi) is 6.15. The molecule has 1 aliphatic rings. The molecule has 1 heterocycles. The van der Waals surface area contributed by atoms with Gasteiger partial charge in [0.1, 0.15) is 6.10 Å². The van der Waals surface area contributed by atoms with Crippen LogP contribution in [0.2, 0.25) is 0 Å². The third-order valence-corrected chi connectivity index (χ3v) is 2.40. The maximum Gasteiger partial charge on any atom is 0.105 e. The van der Waals surface area contributed by atoms with Gasteiger partial charge in [0.25, 0.3) is 0 Å². The van der Waals surface area contributed by atoms with Gasteiger partial charge in [0.15, 0.2) is 0 Å². The molecule has 1 N–H and O–H groups in total. The molecule has 0 bridgehead atoms. The van der Waals surface area contributed by atoms with Gasteiger partial charge in [-0.25, -0.2) is 0 Å². The Bertz CT molecular complexity index is 137. The molecular formula is C11H23NO2. The van der Waals surface area contributed by atoms with Crippen molar-refractivity contribution in [2.24, 2.45) is 0 Å². The molecule has 0 aliphatic carbocycles. The van der Waals surface area contributed by atoms with E-state index in [4.69, 9.17) is 9.47 Å². The molecule has 0 saturated carbocycles. The van der Waals surface area contributed by atoms with E-state index in [9.17, 15) is 0 Å². The summed E-state index contributed by atoms with van der Waals surface area (Å²) in [6.07, 6.45) is 4.25. The minimum atomic E-state index is 0.356. The maximum absolute atomic E-state index is 5.89. The van der Waals surface area contributed by atoms with Gasteiger partial charge in [-0.1, -0.05) is 20.3 Å². The second-order valence-electron chi connectivity index (χ2n) is 3.91. The summed E-state index contributed by atoms with van der Waals surface area (Å²) in [7, 11) is 0. The van der Waals surface area contributed by atoms with Gasteiger partial charge in [0, 0.05) is 6.54 Å². The predicted molar refractivity (Wildman–Crippen MR) is 57.5 cm³/mol. The fourth-order valence-corrected chi connectivity index (χ4v) is 1.54. The van der Waals surface area contributed by atoms with E-state index in [1.54, 1.807) is 0 Å². The Morgan fingerprint density at radius 1 is 1.36 bits per heavy atom. The van der Waals surface area contributed by atoms with Crippen molar-refractivity contribution in [1.29, 1.82) is 0 Å². The Balaban J connectivity index is 2.09. The van der Waals surface area contributed by atoms with E-state index in [-0.39, 0.29) is 0 Å². The van der Waals surface area contributed by atoms with E-state index in [2.05, 4.69) is 19.2 Å². The predicted octanol–water partition coefficient (Wildman–Crippen LogP) is 1.57. The van der Waals surface area contributed by atoms with Crippen LogP contribution in [0.5, 0.6) is 0 Å². The van der Waals surface area contributed by atoms with E-state index in [1.807, 2.05) is 0 Å². The number of rotatable bonds is 8. The van der Waals surface area contributed by atoms with Crippen LogP contribution in [-0.2, 0) is 9.47 Å². The second kappa shape index (κ2) is 7.21. The Hall–Kier alpha value is -0.120. The first-order valence-electron chi connectivity index (χ1n) is 5.80. The van der Waals surface area contributed by atoms with Gasteiger partial charge in [0.2, 0.25) is 0 Å². The van der Waals surface area contributed by atoms with Gasteiger partial charge in [0.05, 0.1) is 19.3 Å². The van der Waals surface area contributed by atoms with Crippen LogP contribution >= 0.6 is 0 Å². The van der Waals surface area contributed by atoms with Crippen molar-refractivity contribution >= 4 is 0 Å².